The summed E-state index contributed by atoms with van der Waals surface area (Å²) in [4.78, 5) is 24.5. The summed E-state index contributed by atoms with van der Waals surface area (Å²) in [5.74, 6) is 1.58. The van der Waals surface area contributed by atoms with Crippen LogP contribution in [-0.4, -0.2) is 45.9 Å². The summed E-state index contributed by atoms with van der Waals surface area (Å²) in [6.07, 6.45) is 0. The van der Waals surface area contributed by atoms with Crippen molar-refractivity contribution in [3.8, 4) is 0 Å². The summed E-state index contributed by atoms with van der Waals surface area (Å²) in [5, 5.41) is 0.652. The number of hydrogen-bond acceptors (Lipinski definition) is 4. The van der Waals surface area contributed by atoms with Crippen LogP contribution in [-0.2, 0) is 13.1 Å². The molecule has 4 rings (SSSR count). The lowest BCUT2D eigenvalue weighted by atomic mass is 10.2. The highest BCUT2D eigenvalue weighted by Gasteiger charge is 2.18. The molecule has 0 radical (unpaired) electrons. The third kappa shape index (κ3) is 6.51. The minimum Gasteiger partial charge on any atom is -0.309 e. The maximum atomic E-state index is 12.2. The van der Waals surface area contributed by atoms with E-state index in [-0.39, 0.29) is 5.56 Å². The monoisotopic (exact) mass is 392 g/mol. The molecule has 0 spiro atoms. The number of nitrogens with one attached hydrogen (secondary N) is 1. The molecule has 0 unspecified atom stereocenters. The molecule has 154 valence electrons. The Kier molecular flexibility index (Phi) is 7.55. The van der Waals surface area contributed by atoms with Crippen LogP contribution in [0.25, 0.3) is 10.9 Å². The second kappa shape index (κ2) is 10.3. The molecule has 0 aliphatic carbocycles. The van der Waals surface area contributed by atoms with E-state index in [1.807, 2.05) is 24.3 Å². The molecule has 1 aromatic heterocycles. The van der Waals surface area contributed by atoms with Gasteiger partial charge in [-0.2, -0.15) is 0 Å². The van der Waals surface area contributed by atoms with Crippen LogP contribution in [0.15, 0.2) is 59.4 Å². The second-order valence-corrected chi connectivity index (χ2v) is 8.30. The summed E-state index contributed by atoms with van der Waals surface area (Å²) in [6, 6.07) is 18.1. The van der Waals surface area contributed by atoms with E-state index in [9.17, 15) is 4.79 Å². The predicted molar refractivity (Wildman–Crippen MR) is 120 cm³/mol. The fourth-order valence-electron chi connectivity index (χ4n) is 3.37. The minimum absolute atomic E-state index is 0.0525. The molecule has 0 bridgehead atoms. The first-order chi connectivity index (χ1) is 14.0. The number of aromatic nitrogens is 2. The maximum absolute atomic E-state index is 12.2. The molecule has 5 heteroatoms. The van der Waals surface area contributed by atoms with Gasteiger partial charge in [0.1, 0.15) is 5.82 Å². The van der Waals surface area contributed by atoms with E-state index in [0.29, 0.717) is 11.9 Å². The van der Waals surface area contributed by atoms with Crippen LogP contribution in [0, 0.1) is 5.92 Å². The fourth-order valence-corrected chi connectivity index (χ4v) is 3.37. The molecule has 1 aliphatic heterocycles. The quantitative estimate of drug-likeness (QED) is 0.732. The highest BCUT2D eigenvalue weighted by molar-refractivity contribution is 5.77. The number of benzene rings is 2. The average Bonchev–Trinajstić information content (AvgIpc) is 2.70. The Bertz CT molecular complexity index is 941. The van der Waals surface area contributed by atoms with Gasteiger partial charge < -0.3 is 4.98 Å². The first-order valence-corrected chi connectivity index (χ1v) is 10.5. The van der Waals surface area contributed by atoms with Crippen molar-refractivity contribution >= 4 is 10.9 Å². The Labute approximate surface area is 173 Å². The number of aromatic amines is 1. The van der Waals surface area contributed by atoms with Gasteiger partial charge in [0.2, 0.25) is 0 Å². The van der Waals surface area contributed by atoms with Crippen LogP contribution in [0.4, 0.5) is 0 Å². The summed E-state index contributed by atoms with van der Waals surface area (Å²) >= 11 is 0. The van der Waals surface area contributed by atoms with Gasteiger partial charge in [0.05, 0.1) is 17.4 Å². The number of nitrogens with zero attached hydrogens (tertiary/aromatic N) is 3. The molecule has 29 heavy (non-hydrogen) atoms. The van der Waals surface area contributed by atoms with Gasteiger partial charge in [-0.3, -0.25) is 14.6 Å². The smallest absolute Gasteiger partial charge is 0.258 e. The number of piperazine rings is 1. The zero-order valence-electron chi connectivity index (χ0n) is 17.8. The standard InChI is InChI=1S/C20H22N4O.C4H10/c25-20-17-8-4-5-9-18(17)21-19(22-20)15-24-12-10-23(11-13-24)14-16-6-2-1-3-7-16;1-4(2)3/h1-9H,10-15H2,(H,21,22,25);4H,1-3H3. The molecule has 2 heterocycles. The topological polar surface area (TPSA) is 52.2 Å². The molecular weight excluding hydrogens is 360 g/mol. The Hall–Kier alpha value is -2.50. The molecule has 0 amide bonds. The van der Waals surface area contributed by atoms with Gasteiger partial charge >= 0.3 is 0 Å². The van der Waals surface area contributed by atoms with E-state index in [1.165, 1.54) is 5.56 Å². The van der Waals surface area contributed by atoms with Gasteiger partial charge in [-0.05, 0) is 23.6 Å². The first kappa shape index (κ1) is 21.2. The molecule has 0 saturated carbocycles. The maximum Gasteiger partial charge on any atom is 0.258 e. The zero-order valence-corrected chi connectivity index (χ0v) is 17.8. The third-order valence-electron chi connectivity index (χ3n) is 4.75. The number of para-hydroxylation sites is 1. The average molecular weight is 393 g/mol. The third-order valence-corrected chi connectivity index (χ3v) is 4.75. The number of rotatable bonds is 4. The molecule has 2 aromatic carbocycles. The molecule has 1 N–H and O–H groups in total. The number of fused-ring (bicyclic) bond motifs is 1. The largest absolute Gasteiger partial charge is 0.309 e. The molecular formula is C24H32N4O. The van der Waals surface area contributed by atoms with E-state index >= 15 is 0 Å². The summed E-state index contributed by atoms with van der Waals surface area (Å²) in [7, 11) is 0. The van der Waals surface area contributed by atoms with E-state index in [1.54, 1.807) is 0 Å². The lowest BCUT2D eigenvalue weighted by molar-refractivity contribution is 0.120. The highest BCUT2D eigenvalue weighted by Crippen LogP contribution is 2.11. The lowest BCUT2D eigenvalue weighted by Crippen LogP contribution is -2.45. The number of H-pyrrole nitrogens is 1. The van der Waals surface area contributed by atoms with Crippen LogP contribution < -0.4 is 5.56 Å². The van der Waals surface area contributed by atoms with Crippen LogP contribution in [0.5, 0.6) is 0 Å². The van der Waals surface area contributed by atoms with Crippen LogP contribution in [0.3, 0.4) is 0 Å². The molecule has 3 aromatic rings. The van der Waals surface area contributed by atoms with E-state index < -0.39 is 0 Å². The molecule has 1 fully saturated rings. The fraction of sp³-hybridized carbons (Fsp3) is 0.417. The summed E-state index contributed by atoms with van der Waals surface area (Å²) < 4.78 is 0. The van der Waals surface area contributed by atoms with Crippen molar-refractivity contribution in [3.05, 3.63) is 76.3 Å². The first-order valence-electron chi connectivity index (χ1n) is 10.5. The van der Waals surface area contributed by atoms with Crippen molar-refractivity contribution in [2.75, 3.05) is 26.2 Å². The van der Waals surface area contributed by atoms with Crippen molar-refractivity contribution in [2.45, 2.75) is 33.9 Å². The van der Waals surface area contributed by atoms with Gasteiger partial charge in [-0.25, -0.2) is 4.98 Å². The van der Waals surface area contributed by atoms with Gasteiger partial charge in [-0.15, -0.1) is 0 Å². The molecule has 1 saturated heterocycles. The van der Waals surface area contributed by atoms with E-state index in [4.69, 9.17) is 0 Å². The molecule has 1 aliphatic rings. The minimum atomic E-state index is -0.0525. The summed E-state index contributed by atoms with van der Waals surface area (Å²) in [6.45, 7) is 12.2. The van der Waals surface area contributed by atoms with Crippen molar-refractivity contribution in [3.63, 3.8) is 0 Å². The van der Waals surface area contributed by atoms with Crippen LogP contribution in [0.1, 0.15) is 32.2 Å². The summed E-state index contributed by atoms with van der Waals surface area (Å²) in [5.41, 5.74) is 2.07. The van der Waals surface area contributed by atoms with Crippen molar-refractivity contribution < 1.29 is 0 Å². The Morgan fingerprint density at radius 2 is 1.41 bits per heavy atom. The molecule has 5 nitrogen and oxygen atoms in total. The molecule has 0 atom stereocenters. The Balaban J connectivity index is 0.000000552. The van der Waals surface area contributed by atoms with Gasteiger partial charge in [-0.1, -0.05) is 63.2 Å². The Morgan fingerprint density at radius 1 is 0.862 bits per heavy atom. The normalized spacial score (nSPS) is 15.3. The zero-order chi connectivity index (χ0) is 20.6. The van der Waals surface area contributed by atoms with Crippen LogP contribution >= 0.6 is 0 Å². The van der Waals surface area contributed by atoms with Gasteiger partial charge in [0.25, 0.3) is 5.56 Å². The predicted octanol–water partition coefficient (Wildman–Crippen LogP) is 3.90. The van der Waals surface area contributed by atoms with E-state index in [2.05, 4.69) is 70.9 Å². The van der Waals surface area contributed by atoms with Crippen molar-refractivity contribution in [1.29, 1.82) is 0 Å². The second-order valence-electron chi connectivity index (χ2n) is 8.30. The SMILES string of the molecule is CC(C)C.O=c1[nH]c(CN2CCN(Cc3ccccc3)CC2)nc2ccccc12. The van der Waals surface area contributed by atoms with E-state index in [0.717, 1.165) is 50.0 Å². The number of hydrogen-bond donors (Lipinski definition) is 1. The van der Waals surface area contributed by atoms with Gasteiger partial charge in [0.15, 0.2) is 0 Å². The lowest BCUT2D eigenvalue weighted by Gasteiger charge is -2.34. The van der Waals surface area contributed by atoms with Crippen molar-refractivity contribution in [1.82, 2.24) is 19.8 Å². The van der Waals surface area contributed by atoms with Crippen LogP contribution in [0.2, 0.25) is 0 Å². The van der Waals surface area contributed by atoms with Crippen molar-refractivity contribution in [2.24, 2.45) is 5.92 Å². The Morgan fingerprint density at radius 3 is 2.07 bits per heavy atom. The van der Waals surface area contributed by atoms with Gasteiger partial charge in [0, 0.05) is 32.7 Å². The highest BCUT2D eigenvalue weighted by atomic mass is 16.1.